The molecule has 0 aliphatic carbocycles. The molecule has 5 nitrogen and oxygen atoms in total. The molecular formula is C16H24ClNO4. The number of nitrogens with two attached hydrogens (primary N) is 1. The Morgan fingerprint density at radius 3 is 2.00 bits per heavy atom. The van der Waals surface area contributed by atoms with E-state index < -0.39 is 30.2 Å². The minimum Gasteiger partial charge on any atom is -0.458 e. The van der Waals surface area contributed by atoms with Gasteiger partial charge in [-0.15, -0.1) is 12.4 Å². The predicted molar refractivity (Wildman–Crippen MR) is 86.9 cm³/mol. The highest BCUT2D eigenvalue weighted by molar-refractivity contribution is 5.89. The van der Waals surface area contributed by atoms with Gasteiger partial charge in [0.05, 0.1) is 5.56 Å². The normalized spacial score (nSPS) is 14.5. The quantitative estimate of drug-likeness (QED) is 0.811. The lowest BCUT2D eigenvalue weighted by atomic mass is 10.0. The number of esters is 2. The number of hydrogen-bond acceptors (Lipinski definition) is 5. The average Bonchev–Trinajstić information content (AvgIpc) is 2.44. The number of hydrogen-bond donors (Lipinski definition) is 1. The third kappa shape index (κ3) is 6.03. The highest BCUT2D eigenvalue weighted by Gasteiger charge is 2.29. The van der Waals surface area contributed by atoms with Crippen LogP contribution < -0.4 is 5.73 Å². The van der Waals surface area contributed by atoms with Crippen LogP contribution in [0.1, 0.15) is 38.1 Å². The maximum Gasteiger partial charge on any atom is 0.338 e. The molecule has 0 amide bonds. The predicted octanol–water partition coefficient (Wildman–Crippen LogP) is 2.57. The molecule has 0 spiro atoms. The van der Waals surface area contributed by atoms with Crippen LogP contribution in [0.5, 0.6) is 0 Å². The van der Waals surface area contributed by atoms with E-state index in [1.165, 1.54) is 0 Å². The molecule has 124 valence electrons. The van der Waals surface area contributed by atoms with Gasteiger partial charge in [0.2, 0.25) is 0 Å². The Morgan fingerprint density at radius 2 is 1.55 bits per heavy atom. The molecule has 0 heterocycles. The summed E-state index contributed by atoms with van der Waals surface area (Å²) in [7, 11) is 0. The molecule has 6 heteroatoms. The first kappa shape index (κ1) is 20.4. The maximum absolute atomic E-state index is 12.1. The van der Waals surface area contributed by atoms with Crippen molar-refractivity contribution in [2.75, 3.05) is 0 Å². The summed E-state index contributed by atoms with van der Waals surface area (Å²) in [5.41, 5.74) is 5.94. The monoisotopic (exact) mass is 329 g/mol. The van der Waals surface area contributed by atoms with Crippen LogP contribution in [0.4, 0.5) is 0 Å². The van der Waals surface area contributed by atoms with Gasteiger partial charge in [-0.25, -0.2) is 4.79 Å². The van der Waals surface area contributed by atoms with Gasteiger partial charge in [0.15, 0.2) is 0 Å². The number of rotatable bonds is 6. The molecule has 0 saturated heterocycles. The lowest BCUT2D eigenvalue weighted by Crippen LogP contribution is -2.40. The third-order valence-corrected chi connectivity index (χ3v) is 3.05. The minimum absolute atomic E-state index is 0. The molecule has 22 heavy (non-hydrogen) atoms. The maximum atomic E-state index is 12.1. The second-order valence-corrected chi connectivity index (χ2v) is 5.41. The Kier molecular flexibility index (Phi) is 8.75. The fraction of sp³-hybridized carbons (Fsp3) is 0.500. The Labute approximate surface area is 137 Å². The molecule has 0 unspecified atom stereocenters. The molecule has 1 aromatic rings. The lowest BCUT2D eigenvalue weighted by molar-refractivity contribution is -0.156. The van der Waals surface area contributed by atoms with Crippen molar-refractivity contribution in [2.45, 2.75) is 45.9 Å². The van der Waals surface area contributed by atoms with Crippen LogP contribution in [0.25, 0.3) is 0 Å². The molecule has 0 aliphatic rings. The van der Waals surface area contributed by atoms with Crippen LogP contribution in [-0.2, 0) is 14.3 Å². The standard InChI is InChI=1S/C16H23NO4.ClH/c1-10(2)14(12(4)20-15(18)11(3)17)21-16(19)13-8-6-5-7-9-13;/h5-12,14H,17H2,1-4H3;1H/t11-,12-,14-;/m0./s1. The van der Waals surface area contributed by atoms with Crippen molar-refractivity contribution in [2.24, 2.45) is 11.7 Å². The van der Waals surface area contributed by atoms with Gasteiger partial charge in [0, 0.05) is 0 Å². The topological polar surface area (TPSA) is 78.6 Å². The van der Waals surface area contributed by atoms with E-state index in [9.17, 15) is 9.59 Å². The number of carbonyl (C=O) groups is 2. The van der Waals surface area contributed by atoms with Crippen molar-refractivity contribution in [1.29, 1.82) is 0 Å². The van der Waals surface area contributed by atoms with E-state index in [4.69, 9.17) is 15.2 Å². The largest absolute Gasteiger partial charge is 0.458 e. The zero-order valence-electron chi connectivity index (χ0n) is 13.3. The molecule has 2 N–H and O–H groups in total. The summed E-state index contributed by atoms with van der Waals surface area (Å²) in [5.74, 6) is -0.935. The van der Waals surface area contributed by atoms with Gasteiger partial charge < -0.3 is 15.2 Å². The first-order chi connectivity index (χ1) is 9.82. The lowest BCUT2D eigenvalue weighted by Gasteiger charge is -2.27. The summed E-state index contributed by atoms with van der Waals surface area (Å²) in [6.07, 6.45) is -1.09. The van der Waals surface area contributed by atoms with Crippen molar-refractivity contribution < 1.29 is 19.1 Å². The fourth-order valence-corrected chi connectivity index (χ4v) is 1.90. The van der Waals surface area contributed by atoms with Crippen molar-refractivity contribution in [3.05, 3.63) is 35.9 Å². The van der Waals surface area contributed by atoms with Crippen LogP contribution in [0, 0.1) is 5.92 Å². The van der Waals surface area contributed by atoms with E-state index in [-0.39, 0.29) is 18.3 Å². The molecular weight excluding hydrogens is 306 g/mol. The van der Waals surface area contributed by atoms with Crippen LogP contribution in [0.3, 0.4) is 0 Å². The Hall–Kier alpha value is -1.59. The number of halogens is 1. The average molecular weight is 330 g/mol. The van der Waals surface area contributed by atoms with E-state index >= 15 is 0 Å². The molecule has 0 radical (unpaired) electrons. The highest BCUT2D eigenvalue weighted by atomic mass is 35.5. The second kappa shape index (κ2) is 9.43. The number of ether oxygens (including phenoxy) is 2. The van der Waals surface area contributed by atoms with Crippen LogP contribution in [-0.4, -0.2) is 30.2 Å². The second-order valence-electron chi connectivity index (χ2n) is 5.41. The minimum atomic E-state index is -0.704. The van der Waals surface area contributed by atoms with Gasteiger partial charge in [-0.05, 0) is 31.9 Å². The van der Waals surface area contributed by atoms with Crippen molar-refractivity contribution in [1.82, 2.24) is 0 Å². The van der Waals surface area contributed by atoms with Crippen LogP contribution in [0.2, 0.25) is 0 Å². The van der Waals surface area contributed by atoms with Crippen molar-refractivity contribution in [3.63, 3.8) is 0 Å². The molecule has 0 aromatic heterocycles. The molecule has 0 saturated carbocycles. The molecule has 0 aliphatic heterocycles. The zero-order chi connectivity index (χ0) is 16.0. The Bertz CT molecular complexity index is 476. The van der Waals surface area contributed by atoms with Crippen LogP contribution >= 0.6 is 12.4 Å². The first-order valence-corrected chi connectivity index (χ1v) is 7.05. The van der Waals surface area contributed by atoms with Gasteiger partial charge in [-0.1, -0.05) is 32.0 Å². The van der Waals surface area contributed by atoms with Gasteiger partial charge in [0.1, 0.15) is 18.2 Å². The summed E-state index contributed by atoms with van der Waals surface area (Å²) in [5, 5.41) is 0. The van der Waals surface area contributed by atoms with E-state index in [1.807, 2.05) is 19.9 Å². The SMILES string of the molecule is CC(C)[C@H](OC(=O)c1ccccc1)[C@H](C)OC(=O)[C@H](C)N.Cl. The van der Waals surface area contributed by atoms with Crippen molar-refractivity contribution >= 4 is 24.3 Å². The fourth-order valence-electron chi connectivity index (χ4n) is 1.90. The van der Waals surface area contributed by atoms with Gasteiger partial charge >= 0.3 is 11.9 Å². The summed E-state index contributed by atoms with van der Waals surface area (Å²) >= 11 is 0. The molecule has 1 aromatic carbocycles. The van der Waals surface area contributed by atoms with E-state index in [2.05, 4.69) is 0 Å². The summed E-state index contributed by atoms with van der Waals surface area (Å²) in [6, 6.07) is 8.01. The highest BCUT2D eigenvalue weighted by Crippen LogP contribution is 2.17. The molecule has 3 atom stereocenters. The van der Waals surface area contributed by atoms with E-state index in [1.54, 1.807) is 38.1 Å². The first-order valence-electron chi connectivity index (χ1n) is 7.05. The zero-order valence-corrected chi connectivity index (χ0v) is 14.1. The van der Waals surface area contributed by atoms with Gasteiger partial charge in [-0.2, -0.15) is 0 Å². The number of carbonyl (C=O) groups excluding carboxylic acids is 2. The van der Waals surface area contributed by atoms with Crippen molar-refractivity contribution in [3.8, 4) is 0 Å². The summed E-state index contributed by atoms with van der Waals surface area (Å²) in [4.78, 5) is 23.6. The summed E-state index contributed by atoms with van der Waals surface area (Å²) < 4.78 is 10.7. The molecule has 1 rings (SSSR count). The van der Waals surface area contributed by atoms with Gasteiger partial charge in [-0.3, -0.25) is 4.79 Å². The van der Waals surface area contributed by atoms with E-state index in [0.29, 0.717) is 5.56 Å². The van der Waals surface area contributed by atoms with Crippen LogP contribution in [0.15, 0.2) is 30.3 Å². The number of benzene rings is 1. The van der Waals surface area contributed by atoms with Gasteiger partial charge in [0.25, 0.3) is 0 Å². The third-order valence-electron chi connectivity index (χ3n) is 3.05. The smallest absolute Gasteiger partial charge is 0.338 e. The van der Waals surface area contributed by atoms with E-state index in [0.717, 1.165) is 0 Å². The Morgan fingerprint density at radius 1 is 1.00 bits per heavy atom. The summed E-state index contributed by atoms with van der Waals surface area (Å²) in [6.45, 7) is 7.05. The molecule has 0 fully saturated rings. The molecule has 0 bridgehead atoms. The Balaban J connectivity index is 0.00000441.